The molecular weight excluding hydrogens is 214 g/mol. The van der Waals surface area contributed by atoms with E-state index in [1.54, 1.807) is 13.2 Å². The molecule has 0 radical (unpaired) electrons. The zero-order valence-corrected chi connectivity index (χ0v) is 10.8. The molecule has 0 fully saturated rings. The summed E-state index contributed by atoms with van der Waals surface area (Å²) in [7, 11) is 1.57. The van der Waals surface area contributed by atoms with E-state index in [0.29, 0.717) is 5.75 Å². The second-order valence-electron chi connectivity index (χ2n) is 4.41. The Morgan fingerprint density at radius 3 is 2.76 bits per heavy atom. The van der Waals surface area contributed by atoms with Crippen LogP contribution in [0, 0.1) is 0 Å². The van der Waals surface area contributed by atoms with Gasteiger partial charge in [-0.1, -0.05) is 25.5 Å². The largest absolute Gasteiger partial charge is 0.504 e. The van der Waals surface area contributed by atoms with E-state index in [1.165, 1.54) is 0 Å². The molecule has 96 valence electrons. The Bertz CT molecular complexity index is 339. The lowest BCUT2D eigenvalue weighted by Gasteiger charge is -2.11. The molecule has 0 saturated carbocycles. The molecule has 0 aliphatic rings. The van der Waals surface area contributed by atoms with Crippen molar-refractivity contribution in [1.29, 1.82) is 0 Å². The van der Waals surface area contributed by atoms with Gasteiger partial charge in [0.15, 0.2) is 11.5 Å². The molecule has 0 spiro atoms. The van der Waals surface area contributed by atoms with Crippen LogP contribution >= 0.6 is 0 Å². The highest BCUT2D eigenvalue weighted by Crippen LogP contribution is 2.30. The number of para-hydroxylation sites is 1. The minimum Gasteiger partial charge on any atom is -0.504 e. The highest BCUT2D eigenvalue weighted by atomic mass is 16.5. The van der Waals surface area contributed by atoms with E-state index in [4.69, 9.17) is 10.5 Å². The molecule has 1 rings (SSSR count). The summed E-state index contributed by atoms with van der Waals surface area (Å²) in [5.74, 6) is 0.805. The maximum atomic E-state index is 9.90. The van der Waals surface area contributed by atoms with E-state index in [9.17, 15) is 5.11 Å². The third-order valence-corrected chi connectivity index (χ3v) is 2.98. The predicted octanol–water partition coefficient (Wildman–Crippen LogP) is 2.85. The summed E-state index contributed by atoms with van der Waals surface area (Å²) in [6, 6.07) is 5.89. The van der Waals surface area contributed by atoms with Crippen LogP contribution in [0.15, 0.2) is 18.2 Å². The second kappa shape index (κ2) is 7.17. The van der Waals surface area contributed by atoms with Gasteiger partial charge in [0.25, 0.3) is 0 Å². The number of phenolic OH excluding ortho intramolecular Hbond substituents is 1. The van der Waals surface area contributed by atoms with Crippen molar-refractivity contribution >= 4 is 0 Å². The Morgan fingerprint density at radius 1 is 1.35 bits per heavy atom. The van der Waals surface area contributed by atoms with Crippen molar-refractivity contribution in [1.82, 2.24) is 0 Å². The lowest BCUT2D eigenvalue weighted by molar-refractivity contribution is 0.370. The first-order valence-electron chi connectivity index (χ1n) is 6.29. The van der Waals surface area contributed by atoms with Gasteiger partial charge in [0.2, 0.25) is 0 Å². The second-order valence-corrected chi connectivity index (χ2v) is 4.41. The smallest absolute Gasteiger partial charge is 0.160 e. The molecule has 0 amide bonds. The first-order valence-corrected chi connectivity index (χ1v) is 6.29. The van der Waals surface area contributed by atoms with Crippen LogP contribution in [0.2, 0.25) is 0 Å². The summed E-state index contributed by atoms with van der Waals surface area (Å²) >= 11 is 0. The molecular formula is C14H23NO2. The van der Waals surface area contributed by atoms with Crippen molar-refractivity contribution in [3.8, 4) is 11.5 Å². The number of benzene rings is 1. The van der Waals surface area contributed by atoms with Crippen LogP contribution in [0.3, 0.4) is 0 Å². The highest BCUT2D eigenvalue weighted by molar-refractivity contribution is 5.45. The van der Waals surface area contributed by atoms with Crippen molar-refractivity contribution in [2.45, 2.75) is 45.1 Å². The number of methoxy groups -OCH3 is 1. The molecule has 3 N–H and O–H groups in total. The monoisotopic (exact) mass is 237 g/mol. The van der Waals surface area contributed by atoms with Gasteiger partial charge in [-0.3, -0.25) is 0 Å². The van der Waals surface area contributed by atoms with Crippen molar-refractivity contribution in [2.24, 2.45) is 5.73 Å². The maximum absolute atomic E-state index is 9.90. The summed E-state index contributed by atoms with van der Waals surface area (Å²) in [6.07, 6.45) is 5.06. The summed E-state index contributed by atoms with van der Waals surface area (Å²) in [4.78, 5) is 0. The average molecular weight is 237 g/mol. The molecule has 1 aromatic rings. The zero-order chi connectivity index (χ0) is 12.7. The minimum absolute atomic E-state index is 0.263. The van der Waals surface area contributed by atoms with E-state index in [0.717, 1.165) is 37.7 Å². The lowest BCUT2D eigenvalue weighted by atomic mass is 10.0. The van der Waals surface area contributed by atoms with E-state index < -0.39 is 0 Å². The average Bonchev–Trinajstić information content (AvgIpc) is 2.32. The van der Waals surface area contributed by atoms with Crippen LogP contribution in [0.1, 0.15) is 38.2 Å². The van der Waals surface area contributed by atoms with Crippen LogP contribution < -0.4 is 10.5 Å². The number of nitrogens with two attached hydrogens (primary N) is 1. The van der Waals surface area contributed by atoms with E-state index in [1.807, 2.05) is 12.1 Å². The number of aryl methyl sites for hydroxylation is 1. The topological polar surface area (TPSA) is 55.5 Å². The molecule has 1 aromatic carbocycles. The van der Waals surface area contributed by atoms with Gasteiger partial charge < -0.3 is 15.6 Å². The number of rotatable bonds is 7. The number of aromatic hydroxyl groups is 1. The number of hydrogen-bond donors (Lipinski definition) is 2. The Hall–Kier alpha value is -1.22. The van der Waals surface area contributed by atoms with Gasteiger partial charge in [0, 0.05) is 6.04 Å². The summed E-state index contributed by atoms with van der Waals surface area (Å²) in [6.45, 7) is 2.15. The summed E-state index contributed by atoms with van der Waals surface area (Å²) in [5, 5.41) is 9.90. The Kier molecular flexibility index (Phi) is 5.84. The zero-order valence-electron chi connectivity index (χ0n) is 10.8. The van der Waals surface area contributed by atoms with Gasteiger partial charge >= 0.3 is 0 Å². The molecule has 0 bridgehead atoms. The predicted molar refractivity (Wildman–Crippen MR) is 70.5 cm³/mol. The normalized spacial score (nSPS) is 12.4. The molecule has 17 heavy (non-hydrogen) atoms. The Morgan fingerprint density at radius 2 is 2.12 bits per heavy atom. The maximum Gasteiger partial charge on any atom is 0.160 e. The van der Waals surface area contributed by atoms with Gasteiger partial charge in [-0.25, -0.2) is 0 Å². The molecule has 0 saturated heterocycles. The van der Waals surface area contributed by atoms with Gasteiger partial charge in [-0.2, -0.15) is 0 Å². The lowest BCUT2D eigenvalue weighted by Crippen LogP contribution is -2.19. The fourth-order valence-electron chi connectivity index (χ4n) is 2.00. The molecule has 1 unspecified atom stereocenters. The van der Waals surface area contributed by atoms with Crippen molar-refractivity contribution in [3.05, 3.63) is 23.8 Å². The van der Waals surface area contributed by atoms with Crippen LogP contribution in [-0.4, -0.2) is 18.3 Å². The van der Waals surface area contributed by atoms with Crippen LogP contribution in [0.4, 0.5) is 0 Å². The third kappa shape index (κ3) is 4.27. The summed E-state index contributed by atoms with van der Waals surface area (Å²) < 4.78 is 5.08. The standard InChI is InChI=1S/C14H23NO2/c1-3-6-12(15)9-4-7-11-8-5-10-13(17-2)14(11)16/h5,8,10,12,16H,3-4,6-7,9,15H2,1-2H3. The molecule has 1 atom stereocenters. The molecule has 3 nitrogen and oxygen atoms in total. The van der Waals surface area contributed by atoms with Crippen molar-refractivity contribution in [3.63, 3.8) is 0 Å². The minimum atomic E-state index is 0.263. The quantitative estimate of drug-likeness (QED) is 0.766. The highest BCUT2D eigenvalue weighted by Gasteiger charge is 2.07. The number of hydrogen-bond acceptors (Lipinski definition) is 3. The van der Waals surface area contributed by atoms with Gasteiger partial charge in [-0.05, 0) is 37.3 Å². The van der Waals surface area contributed by atoms with Gasteiger partial charge in [0.1, 0.15) is 0 Å². The van der Waals surface area contributed by atoms with Gasteiger partial charge in [0.05, 0.1) is 7.11 Å². The first kappa shape index (κ1) is 13.8. The molecule has 0 aromatic heterocycles. The number of ether oxygens (including phenoxy) is 1. The van der Waals surface area contributed by atoms with Crippen molar-refractivity contribution in [2.75, 3.05) is 7.11 Å². The van der Waals surface area contributed by atoms with Crippen molar-refractivity contribution < 1.29 is 9.84 Å². The molecule has 0 aliphatic carbocycles. The van der Waals surface area contributed by atoms with Crippen LogP contribution in [-0.2, 0) is 6.42 Å². The van der Waals surface area contributed by atoms with E-state index in [-0.39, 0.29) is 11.8 Å². The van der Waals surface area contributed by atoms with E-state index >= 15 is 0 Å². The van der Waals surface area contributed by atoms with Crippen LogP contribution in [0.5, 0.6) is 11.5 Å². The molecule has 0 heterocycles. The van der Waals surface area contributed by atoms with Crippen LogP contribution in [0.25, 0.3) is 0 Å². The molecule has 0 aliphatic heterocycles. The third-order valence-electron chi connectivity index (χ3n) is 2.98. The fraction of sp³-hybridized carbons (Fsp3) is 0.571. The molecule has 3 heteroatoms. The SMILES string of the molecule is CCCC(N)CCCc1cccc(OC)c1O. The van der Waals surface area contributed by atoms with Gasteiger partial charge in [-0.15, -0.1) is 0 Å². The Labute approximate surface area is 104 Å². The fourth-order valence-corrected chi connectivity index (χ4v) is 2.00. The first-order chi connectivity index (χ1) is 8.19. The number of phenols is 1. The summed E-state index contributed by atoms with van der Waals surface area (Å²) in [5.41, 5.74) is 6.89. The van der Waals surface area contributed by atoms with E-state index in [2.05, 4.69) is 6.92 Å². The Balaban J connectivity index is 2.46.